The van der Waals surface area contributed by atoms with Crippen LogP contribution < -0.4 is 9.96 Å². The number of hydrogen-bond donors (Lipinski definition) is 2. The summed E-state index contributed by atoms with van der Waals surface area (Å²) in [5, 5.41) is 0. The molecule has 0 saturated heterocycles. The molecule has 19 heavy (non-hydrogen) atoms. The SMILES string of the molecule is CCN[Si](NCC)(C1CCCC1)N(CC)[Si](C)(C)C. The predicted molar refractivity (Wildman–Crippen MR) is 91.1 cm³/mol. The number of hydrogen-bond acceptors (Lipinski definition) is 3. The van der Waals surface area contributed by atoms with Crippen molar-refractivity contribution >= 4 is 16.8 Å². The van der Waals surface area contributed by atoms with Crippen molar-refractivity contribution in [1.82, 2.24) is 14.2 Å². The van der Waals surface area contributed by atoms with Crippen molar-refractivity contribution in [3.05, 3.63) is 0 Å². The largest absolute Gasteiger partial charge is 0.321 e. The van der Waals surface area contributed by atoms with Crippen LogP contribution >= 0.6 is 0 Å². The van der Waals surface area contributed by atoms with E-state index < -0.39 is 16.8 Å². The fourth-order valence-electron chi connectivity index (χ4n) is 3.90. The van der Waals surface area contributed by atoms with E-state index in [4.69, 9.17) is 0 Å². The molecule has 0 heterocycles. The maximum Gasteiger partial charge on any atom is 0.280 e. The standard InChI is InChI=1S/C14H35N3Si2/c1-7-15-19(16-8-2,14-12-10-11-13-14)17(9-3)18(4,5)6/h14-16H,7-13H2,1-6H3. The Labute approximate surface area is 122 Å². The first kappa shape index (κ1) is 17.4. The monoisotopic (exact) mass is 301 g/mol. The maximum absolute atomic E-state index is 3.98. The van der Waals surface area contributed by atoms with Crippen molar-refractivity contribution in [3.8, 4) is 0 Å². The van der Waals surface area contributed by atoms with Crippen molar-refractivity contribution in [2.75, 3.05) is 19.6 Å². The molecule has 1 rings (SSSR count). The molecule has 0 aromatic carbocycles. The first-order chi connectivity index (χ1) is 8.92. The third-order valence-corrected chi connectivity index (χ3v) is 14.1. The lowest BCUT2D eigenvalue weighted by molar-refractivity contribution is 0.541. The minimum Gasteiger partial charge on any atom is -0.321 e. The third-order valence-electron chi connectivity index (χ3n) is 4.39. The summed E-state index contributed by atoms with van der Waals surface area (Å²) >= 11 is 0. The Morgan fingerprint density at radius 1 is 0.947 bits per heavy atom. The van der Waals surface area contributed by atoms with Crippen LogP contribution in [-0.4, -0.2) is 40.7 Å². The minimum atomic E-state index is -1.73. The van der Waals surface area contributed by atoms with Gasteiger partial charge in [-0.2, -0.15) is 0 Å². The van der Waals surface area contributed by atoms with E-state index in [1.165, 1.54) is 32.2 Å². The summed E-state index contributed by atoms with van der Waals surface area (Å²) in [6.07, 6.45) is 5.71. The van der Waals surface area contributed by atoms with Crippen LogP contribution in [0.4, 0.5) is 0 Å². The van der Waals surface area contributed by atoms with Crippen molar-refractivity contribution in [1.29, 1.82) is 0 Å². The summed E-state index contributed by atoms with van der Waals surface area (Å²) < 4.78 is 2.91. The van der Waals surface area contributed by atoms with Gasteiger partial charge in [-0.25, -0.2) is 0 Å². The van der Waals surface area contributed by atoms with Crippen LogP contribution in [0.3, 0.4) is 0 Å². The Morgan fingerprint density at radius 2 is 1.42 bits per heavy atom. The Bertz CT molecular complexity index is 254. The van der Waals surface area contributed by atoms with Gasteiger partial charge in [0.1, 0.15) is 8.24 Å². The zero-order chi connectivity index (χ0) is 14.5. The summed E-state index contributed by atoms with van der Waals surface area (Å²) in [6.45, 7) is 17.8. The highest BCUT2D eigenvalue weighted by Crippen LogP contribution is 2.39. The summed E-state index contributed by atoms with van der Waals surface area (Å²) in [4.78, 5) is 7.97. The van der Waals surface area contributed by atoms with E-state index in [9.17, 15) is 0 Å². The molecule has 0 radical (unpaired) electrons. The van der Waals surface area contributed by atoms with Crippen LogP contribution in [-0.2, 0) is 0 Å². The Morgan fingerprint density at radius 3 is 1.74 bits per heavy atom. The molecule has 1 aliphatic carbocycles. The summed E-state index contributed by atoms with van der Waals surface area (Å²) in [5.41, 5.74) is 0.888. The second kappa shape index (κ2) is 7.36. The summed E-state index contributed by atoms with van der Waals surface area (Å²) in [5.74, 6) is 0. The normalized spacial score (nSPS) is 18.5. The van der Waals surface area contributed by atoms with E-state index in [1.54, 1.807) is 0 Å². The second-order valence-corrected chi connectivity index (χ2v) is 15.6. The molecular formula is C14H35N3Si2. The van der Waals surface area contributed by atoms with Crippen molar-refractivity contribution in [2.45, 2.75) is 71.6 Å². The van der Waals surface area contributed by atoms with Gasteiger partial charge in [-0.1, -0.05) is 53.3 Å². The maximum atomic E-state index is 3.98. The van der Waals surface area contributed by atoms with E-state index in [0.29, 0.717) is 0 Å². The van der Waals surface area contributed by atoms with Gasteiger partial charge in [0, 0.05) is 0 Å². The van der Waals surface area contributed by atoms with Crippen LogP contribution in [0.1, 0.15) is 46.5 Å². The first-order valence-corrected chi connectivity index (χ1v) is 13.7. The Kier molecular flexibility index (Phi) is 6.73. The zero-order valence-corrected chi connectivity index (χ0v) is 16.0. The van der Waals surface area contributed by atoms with Gasteiger partial charge in [0.2, 0.25) is 0 Å². The van der Waals surface area contributed by atoms with Gasteiger partial charge in [0.05, 0.1) is 0 Å². The van der Waals surface area contributed by atoms with E-state index >= 15 is 0 Å². The van der Waals surface area contributed by atoms with Gasteiger partial charge < -0.3 is 14.2 Å². The molecule has 114 valence electrons. The smallest absolute Gasteiger partial charge is 0.280 e. The fourth-order valence-corrected chi connectivity index (χ4v) is 14.4. The number of rotatable bonds is 8. The molecule has 1 aliphatic rings. The van der Waals surface area contributed by atoms with Crippen molar-refractivity contribution < 1.29 is 0 Å². The number of nitrogens with one attached hydrogen (secondary N) is 2. The topological polar surface area (TPSA) is 27.3 Å². The highest BCUT2D eigenvalue weighted by molar-refractivity contribution is 6.89. The molecule has 2 N–H and O–H groups in total. The van der Waals surface area contributed by atoms with Crippen LogP contribution in [0.2, 0.25) is 25.2 Å². The molecule has 0 amide bonds. The van der Waals surface area contributed by atoms with Gasteiger partial charge >= 0.3 is 0 Å². The highest BCUT2D eigenvalue weighted by atomic mass is 28.4. The molecule has 0 spiro atoms. The highest BCUT2D eigenvalue weighted by Gasteiger charge is 2.50. The van der Waals surface area contributed by atoms with Gasteiger partial charge in [-0.3, -0.25) is 0 Å². The molecule has 0 unspecified atom stereocenters. The van der Waals surface area contributed by atoms with E-state index in [1.807, 2.05) is 0 Å². The Balaban J connectivity index is 3.11. The molecule has 0 aromatic heterocycles. The van der Waals surface area contributed by atoms with Crippen LogP contribution in [0, 0.1) is 0 Å². The Hall–Kier alpha value is 0.314. The van der Waals surface area contributed by atoms with Crippen LogP contribution in [0.25, 0.3) is 0 Å². The predicted octanol–water partition coefficient (Wildman–Crippen LogP) is 3.25. The average Bonchev–Trinajstić information content (AvgIpc) is 2.82. The van der Waals surface area contributed by atoms with Gasteiger partial charge in [-0.05, 0) is 38.0 Å². The molecular weight excluding hydrogens is 266 g/mol. The van der Waals surface area contributed by atoms with Crippen molar-refractivity contribution in [2.24, 2.45) is 0 Å². The molecule has 0 aliphatic heterocycles. The van der Waals surface area contributed by atoms with E-state index in [2.05, 4.69) is 54.6 Å². The number of nitrogens with zero attached hydrogens (tertiary/aromatic N) is 1. The fraction of sp³-hybridized carbons (Fsp3) is 1.00. The average molecular weight is 302 g/mol. The molecule has 3 nitrogen and oxygen atoms in total. The van der Waals surface area contributed by atoms with Gasteiger partial charge in [0.25, 0.3) is 8.56 Å². The molecule has 1 saturated carbocycles. The van der Waals surface area contributed by atoms with E-state index in [0.717, 1.165) is 18.6 Å². The first-order valence-electron chi connectivity index (χ1n) is 8.20. The van der Waals surface area contributed by atoms with Gasteiger partial charge in [0.15, 0.2) is 0 Å². The zero-order valence-electron chi connectivity index (χ0n) is 14.0. The lowest BCUT2D eigenvalue weighted by Gasteiger charge is -2.51. The molecule has 1 fully saturated rings. The minimum absolute atomic E-state index is 0.888. The quantitative estimate of drug-likeness (QED) is 0.674. The molecule has 0 bridgehead atoms. The molecule has 0 aromatic rings. The third kappa shape index (κ3) is 3.91. The lowest BCUT2D eigenvalue weighted by atomic mass is 10.4. The lowest BCUT2D eigenvalue weighted by Crippen LogP contribution is -2.79. The molecule has 5 heteroatoms. The summed E-state index contributed by atoms with van der Waals surface area (Å²) in [6, 6.07) is 0. The van der Waals surface area contributed by atoms with E-state index in [-0.39, 0.29) is 0 Å². The molecule has 0 atom stereocenters. The summed E-state index contributed by atoms with van der Waals surface area (Å²) in [7, 11) is -3.03. The van der Waals surface area contributed by atoms with Crippen molar-refractivity contribution in [3.63, 3.8) is 0 Å². The van der Waals surface area contributed by atoms with Gasteiger partial charge in [-0.15, -0.1) is 0 Å². The van der Waals surface area contributed by atoms with Crippen LogP contribution in [0.15, 0.2) is 0 Å². The second-order valence-electron chi connectivity index (χ2n) is 6.72. The van der Waals surface area contributed by atoms with Crippen LogP contribution in [0.5, 0.6) is 0 Å².